The standard InChI is InChI=1S/C10H18O5/c1-4-13-8(11)5-7-6-9(12)15-10(2,3)14-7/h7,9,12H,4-6H2,1-3H3/t7-,9-/m0/s1. The van der Waals surface area contributed by atoms with Gasteiger partial charge in [-0.05, 0) is 20.8 Å². The van der Waals surface area contributed by atoms with Gasteiger partial charge >= 0.3 is 5.97 Å². The van der Waals surface area contributed by atoms with Crippen LogP contribution in [0.15, 0.2) is 0 Å². The minimum Gasteiger partial charge on any atom is -0.466 e. The molecule has 0 unspecified atom stereocenters. The van der Waals surface area contributed by atoms with E-state index in [0.717, 1.165) is 0 Å². The molecule has 0 aromatic rings. The number of carbonyl (C=O) groups is 1. The third kappa shape index (κ3) is 4.15. The van der Waals surface area contributed by atoms with Crippen LogP contribution >= 0.6 is 0 Å². The first-order valence-corrected chi connectivity index (χ1v) is 5.12. The second-order valence-electron chi connectivity index (χ2n) is 3.96. The maximum atomic E-state index is 11.2. The summed E-state index contributed by atoms with van der Waals surface area (Å²) in [7, 11) is 0. The third-order valence-corrected chi connectivity index (χ3v) is 2.03. The van der Waals surface area contributed by atoms with Gasteiger partial charge in [-0.1, -0.05) is 0 Å². The molecule has 1 N–H and O–H groups in total. The zero-order valence-corrected chi connectivity index (χ0v) is 9.36. The zero-order chi connectivity index (χ0) is 11.5. The van der Waals surface area contributed by atoms with Gasteiger partial charge in [-0.25, -0.2) is 0 Å². The molecule has 1 fully saturated rings. The molecule has 5 heteroatoms. The molecule has 0 spiro atoms. The summed E-state index contributed by atoms with van der Waals surface area (Å²) in [6.07, 6.45) is -0.782. The maximum Gasteiger partial charge on any atom is 0.308 e. The number of aliphatic hydroxyl groups is 1. The molecule has 1 aliphatic heterocycles. The van der Waals surface area contributed by atoms with Gasteiger partial charge in [0.15, 0.2) is 12.1 Å². The van der Waals surface area contributed by atoms with E-state index < -0.39 is 12.1 Å². The Hall–Kier alpha value is -0.650. The van der Waals surface area contributed by atoms with Gasteiger partial charge in [0.2, 0.25) is 0 Å². The van der Waals surface area contributed by atoms with Gasteiger partial charge in [-0.3, -0.25) is 4.79 Å². The van der Waals surface area contributed by atoms with E-state index in [1.807, 2.05) is 0 Å². The highest BCUT2D eigenvalue weighted by Gasteiger charge is 2.35. The molecule has 1 heterocycles. The van der Waals surface area contributed by atoms with Crippen molar-refractivity contribution in [2.24, 2.45) is 0 Å². The molecule has 1 aliphatic rings. The van der Waals surface area contributed by atoms with Gasteiger partial charge in [0.1, 0.15) is 0 Å². The van der Waals surface area contributed by atoms with E-state index >= 15 is 0 Å². The Morgan fingerprint density at radius 1 is 1.53 bits per heavy atom. The molecule has 1 rings (SSSR count). The lowest BCUT2D eigenvalue weighted by Crippen LogP contribution is -2.45. The summed E-state index contributed by atoms with van der Waals surface area (Å²) in [6, 6.07) is 0. The molecule has 0 saturated carbocycles. The first-order chi connectivity index (χ1) is 6.93. The molecule has 88 valence electrons. The quantitative estimate of drug-likeness (QED) is 0.710. The molecule has 2 atom stereocenters. The Morgan fingerprint density at radius 3 is 2.73 bits per heavy atom. The third-order valence-electron chi connectivity index (χ3n) is 2.03. The van der Waals surface area contributed by atoms with Crippen molar-refractivity contribution in [2.75, 3.05) is 6.61 Å². The lowest BCUT2D eigenvalue weighted by Gasteiger charge is -2.38. The molecular weight excluding hydrogens is 200 g/mol. The summed E-state index contributed by atoms with van der Waals surface area (Å²) in [5.41, 5.74) is 0. The molecule has 0 aromatic heterocycles. The van der Waals surface area contributed by atoms with E-state index in [1.54, 1.807) is 20.8 Å². The minimum atomic E-state index is -0.881. The van der Waals surface area contributed by atoms with E-state index in [1.165, 1.54) is 0 Å². The monoisotopic (exact) mass is 218 g/mol. The van der Waals surface area contributed by atoms with Crippen molar-refractivity contribution < 1.29 is 24.1 Å². The first-order valence-electron chi connectivity index (χ1n) is 5.12. The molecule has 0 aromatic carbocycles. The smallest absolute Gasteiger partial charge is 0.308 e. The second kappa shape index (κ2) is 4.92. The molecule has 15 heavy (non-hydrogen) atoms. The van der Waals surface area contributed by atoms with Crippen molar-refractivity contribution in [3.05, 3.63) is 0 Å². The van der Waals surface area contributed by atoms with Crippen molar-refractivity contribution in [1.29, 1.82) is 0 Å². The van der Waals surface area contributed by atoms with Crippen molar-refractivity contribution >= 4 is 5.97 Å². The van der Waals surface area contributed by atoms with Crippen molar-refractivity contribution in [3.63, 3.8) is 0 Å². The number of aliphatic hydroxyl groups excluding tert-OH is 1. The van der Waals surface area contributed by atoms with E-state index in [9.17, 15) is 9.90 Å². The maximum absolute atomic E-state index is 11.2. The summed E-state index contributed by atoms with van der Waals surface area (Å²) >= 11 is 0. The number of hydrogen-bond acceptors (Lipinski definition) is 5. The summed E-state index contributed by atoms with van der Waals surface area (Å²) in [5.74, 6) is -1.16. The van der Waals surface area contributed by atoms with E-state index in [2.05, 4.69) is 0 Å². The van der Waals surface area contributed by atoms with Crippen molar-refractivity contribution in [3.8, 4) is 0 Å². The summed E-state index contributed by atoms with van der Waals surface area (Å²) in [5, 5.41) is 9.40. The van der Waals surface area contributed by atoms with Gasteiger partial charge in [0, 0.05) is 6.42 Å². The fourth-order valence-electron chi connectivity index (χ4n) is 1.61. The van der Waals surface area contributed by atoms with Crippen molar-refractivity contribution in [1.82, 2.24) is 0 Å². The van der Waals surface area contributed by atoms with Crippen LogP contribution in [-0.2, 0) is 19.0 Å². The number of carbonyl (C=O) groups excluding carboxylic acids is 1. The lowest BCUT2D eigenvalue weighted by atomic mass is 10.1. The van der Waals surface area contributed by atoms with Crippen molar-refractivity contribution in [2.45, 2.75) is 51.8 Å². The van der Waals surface area contributed by atoms with Crippen LogP contribution in [-0.4, -0.2) is 35.9 Å². The normalized spacial score (nSPS) is 29.9. The van der Waals surface area contributed by atoms with Crippen LogP contribution in [0.3, 0.4) is 0 Å². The van der Waals surface area contributed by atoms with Crippen LogP contribution in [0, 0.1) is 0 Å². The van der Waals surface area contributed by atoms with Gasteiger partial charge in [0.05, 0.1) is 19.1 Å². The molecule has 0 amide bonds. The van der Waals surface area contributed by atoms with Gasteiger partial charge in [-0.2, -0.15) is 0 Å². The predicted molar refractivity (Wildman–Crippen MR) is 51.9 cm³/mol. The fraction of sp³-hybridized carbons (Fsp3) is 0.900. The van der Waals surface area contributed by atoms with Crippen LogP contribution in [0.1, 0.15) is 33.6 Å². The molecule has 0 radical (unpaired) electrons. The van der Waals surface area contributed by atoms with E-state index in [-0.39, 0.29) is 18.5 Å². The predicted octanol–water partition coefficient (Wildman–Crippen LogP) is 0.800. The average molecular weight is 218 g/mol. The Morgan fingerprint density at radius 2 is 2.20 bits per heavy atom. The SMILES string of the molecule is CCOC(=O)C[C@H]1C[C@@H](O)OC(C)(C)O1. The van der Waals surface area contributed by atoms with Crippen LogP contribution < -0.4 is 0 Å². The molecule has 1 saturated heterocycles. The Balaban J connectivity index is 2.45. The highest BCUT2D eigenvalue weighted by Crippen LogP contribution is 2.27. The lowest BCUT2D eigenvalue weighted by molar-refractivity contribution is -0.341. The van der Waals surface area contributed by atoms with E-state index in [4.69, 9.17) is 14.2 Å². The first kappa shape index (κ1) is 12.4. The molecule has 5 nitrogen and oxygen atoms in total. The summed E-state index contributed by atoms with van der Waals surface area (Å²) < 4.78 is 15.4. The fourth-order valence-corrected chi connectivity index (χ4v) is 1.61. The van der Waals surface area contributed by atoms with Crippen LogP contribution in [0.5, 0.6) is 0 Å². The highest BCUT2D eigenvalue weighted by molar-refractivity contribution is 5.69. The number of ether oxygens (including phenoxy) is 3. The number of esters is 1. The summed E-state index contributed by atoms with van der Waals surface area (Å²) in [4.78, 5) is 11.2. The van der Waals surface area contributed by atoms with Gasteiger partial charge in [0.25, 0.3) is 0 Å². The molecule has 0 bridgehead atoms. The Labute approximate surface area is 89.3 Å². The Kier molecular flexibility index (Phi) is 4.07. The topological polar surface area (TPSA) is 65.0 Å². The average Bonchev–Trinajstić information content (AvgIpc) is 1.99. The minimum absolute atomic E-state index is 0.150. The summed E-state index contributed by atoms with van der Waals surface area (Å²) in [6.45, 7) is 5.51. The second-order valence-corrected chi connectivity index (χ2v) is 3.96. The Bertz CT molecular complexity index is 226. The largest absolute Gasteiger partial charge is 0.466 e. The highest BCUT2D eigenvalue weighted by atomic mass is 16.8. The zero-order valence-electron chi connectivity index (χ0n) is 9.36. The van der Waals surface area contributed by atoms with Crippen LogP contribution in [0.2, 0.25) is 0 Å². The van der Waals surface area contributed by atoms with Gasteiger partial charge < -0.3 is 19.3 Å². The number of hydrogen-bond donors (Lipinski definition) is 1. The number of rotatable bonds is 3. The molecular formula is C10H18O5. The van der Waals surface area contributed by atoms with Gasteiger partial charge in [-0.15, -0.1) is 0 Å². The molecule has 0 aliphatic carbocycles. The van der Waals surface area contributed by atoms with Crippen LogP contribution in [0.25, 0.3) is 0 Å². The van der Waals surface area contributed by atoms with Crippen LogP contribution in [0.4, 0.5) is 0 Å². The van der Waals surface area contributed by atoms with E-state index in [0.29, 0.717) is 13.0 Å².